The lowest BCUT2D eigenvalue weighted by Gasteiger charge is -1.98. The summed E-state index contributed by atoms with van der Waals surface area (Å²) in [5.41, 5.74) is 0. The van der Waals surface area contributed by atoms with Gasteiger partial charge in [0.25, 0.3) is 0 Å². The number of hydrogen-bond donors (Lipinski definition) is 0. The van der Waals surface area contributed by atoms with Crippen LogP contribution in [-0.4, -0.2) is 5.78 Å². The summed E-state index contributed by atoms with van der Waals surface area (Å²) in [5, 5.41) is 0. The summed E-state index contributed by atoms with van der Waals surface area (Å²) in [6, 6.07) is 0. The lowest BCUT2D eigenvalue weighted by Crippen LogP contribution is -1.98. The van der Waals surface area contributed by atoms with Crippen molar-refractivity contribution in [2.24, 2.45) is 17.8 Å². The minimum Gasteiger partial charge on any atom is -0.300 e. The molecule has 88 valence electrons. The Bertz CT molecular complexity index is 289. The molecule has 0 N–H and O–H groups in total. The fraction of sp³-hybridized carbons (Fsp3) is 0.800. The van der Waals surface area contributed by atoms with Gasteiger partial charge in [0.15, 0.2) is 0 Å². The predicted molar refractivity (Wildman–Crippen MR) is 65.9 cm³/mol. The van der Waals surface area contributed by atoms with E-state index in [1.165, 1.54) is 12.8 Å². The summed E-state index contributed by atoms with van der Waals surface area (Å²) >= 11 is 0. The number of fused-ring (bicyclic) bond motifs is 1. The van der Waals surface area contributed by atoms with Gasteiger partial charge >= 0.3 is 0 Å². The van der Waals surface area contributed by atoms with Crippen LogP contribution in [0.25, 0.3) is 0 Å². The van der Waals surface area contributed by atoms with E-state index >= 15 is 0 Å². The average molecular weight is 218 g/mol. The molecule has 0 bridgehead atoms. The summed E-state index contributed by atoms with van der Waals surface area (Å²) in [6.07, 6.45) is 8.49. The van der Waals surface area contributed by atoms with Crippen molar-refractivity contribution in [1.82, 2.24) is 0 Å². The zero-order chi connectivity index (χ0) is 11.4. The molecule has 0 aromatic heterocycles. The van der Waals surface area contributed by atoms with Gasteiger partial charge in [-0.3, -0.25) is 4.79 Å². The van der Waals surface area contributed by atoms with Crippen LogP contribution in [0.1, 0.15) is 58.3 Å². The van der Waals surface area contributed by atoms with Crippen LogP contribution in [0.4, 0.5) is 0 Å². The fourth-order valence-electron chi connectivity index (χ4n) is 3.19. The summed E-state index contributed by atoms with van der Waals surface area (Å²) in [6.45, 7) is 2.08. The minimum atomic E-state index is 0.470. The van der Waals surface area contributed by atoms with Gasteiger partial charge in [-0.25, -0.2) is 0 Å². The zero-order valence-electron chi connectivity index (χ0n) is 10.3. The average Bonchev–Trinajstić information content (AvgIpc) is 2.86. The van der Waals surface area contributed by atoms with Crippen molar-refractivity contribution in [3.63, 3.8) is 0 Å². The molecule has 2 aliphatic rings. The summed E-state index contributed by atoms with van der Waals surface area (Å²) in [7, 11) is 0. The van der Waals surface area contributed by atoms with Crippen molar-refractivity contribution >= 4 is 5.78 Å². The second kappa shape index (κ2) is 5.53. The molecule has 0 aromatic rings. The number of carbonyl (C=O) groups excluding carboxylic acids is 1. The highest BCUT2D eigenvalue weighted by atomic mass is 16.1. The Morgan fingerprint density at radius 3 is 2.31 bits per heavy atom. The van der Waals surface area contributed by atoms with Gasteiger partial charge in [0.05, 0.1) is 0 Å². The summed E-state index contributed by atoms with van der Waals surface area (Å²) in [5.74, 6) is 9.60. The molecule has 0 radical (unpaired) electrons. The van der Waals surface area contributed by atoms with Crippen molar-refractivity contribution in [2.75, 3.05) is 0 Å². The van der Waals surface area contributed by atoms with E-state index in [-0.39, 0.29) is 0 Å². The maximum Gasteiger partial charge on any atom is 0.132 e. The summed E-state index contributed by atoms with van der Waals surface area (Å²) in [4.78, 5) is 11.5. The van der Waals surface area contributed by atoms with Crippen molar-refractivity contribution in [1.29, 1.82) is 0 Å². The van der Waals surface area contributed by atoms with Crippen molar-refractivity contribution < 1.29 is 4.79 Å². The van der Waals surface area contributed by atoms with Crippen molar-refractivity contribution in [3.05, 3.63) is 0 Å². The van der Waals surface area contributed by atoms with E-state index in [0.717, 1.165) is 56.3 Å². The number of carbonyl (C=O) groups is 1. The SMILES string of the molecule is CCCC(=O)CCC1C2CCC#CCCC21. The molecule has 1 heteroatoms. The third kappa shape index (κ3) is 2.88. The second-order valence-electron chi connectivity index (χ2n) is 5.25. The van der Waals surface area contributed by atoms with Crippen LogP contribution < -0.4 is 0 Å². The van der Waals surface area contributed by atoms with Crippen LogP contribution in [0, 0.1) is 29.6 Å². The molecule has 2 atom stereocenters. The Kier molecular flexibility index (Phi) is 4.04. The van der Waals surface area contributed by atoms with Crippen LogP contribution in [0.2, 0.25) is 0 Å². The molecule has 1 nitrogen and oxygen atoms in total. The minimum absolute atomic E-state index is 0.470. The van der Waals surface area contributed by atoms with Crippen molar-refractivity contribution in [2.45, 2.75) is 58.3 Å². The van der Waals surface area contributed by atoms with E-state index in [4.69, 9.17) is 0 Å². The van der Waals surface area contributed by atoms with Crippen LogP contribution in [0.3, 0.4) is 0 Å². The highest BCUT2D eigenvalue weighted by Crippen LogP contribution is 2.54. The molecule has 0 aliphatic heterocycles. The standard InChI is InChI=1S/C15H22O/c1-2-7-12(16)10-11-15-13-8-5-3-4-6-9-14(13)15/h13-15H,2,5-11H2,1H3. The highest BCUT2D eigenvalue weighted by Gasteiger charge is 2.47. The Hall–Kier alpha value is -0.770. The van der Waals surface area contributed by atoms with Crippen LogP contribution in [0.5, 0.6) is 0 Å². The fourth-order valence-corrected chi connectivity index (χ4v) is 3.19. The van der Waals surface area contributed by atoms with Crippen LogP contribution in [0.15, 0.2) is 0 Å². The Balaban J connectivity index is 1.71. The maximum atomic E-state index is 11.5. The van der Waals surface area contributed by atoms with Crippen LogP contribution in [-0.2, 0) is 4.79 Å². The van der Waals surface area contributed by atoms with E-state index in [9.17, 15) is 4.79 Å². The van der Waals surface area contributed by atoms with Gasteiger partial charge in [-0.2, -0.15) is 0 Å². The zero-order valence-corrected chi connectivity index (χ0v) is 10.3. The second-order valence-corrected chi connectivity index (χ2v) is 5.25. The first-order chi connectivity index (χ1) is 7.83. The van der Waals surface area contributed by atoms with E-state index in [0.29, 0.717) is 5.78 Å². The third-order valence-corrected chi connectivity index (χ3v) is 4.12. The molecule has 0 aromatic carbocycles. The smallest absolute Gasteiger partial charge is 0.132 e. The molecule has 2 rings (SSSR count). The molecule has 0 heterocycles. The molecule has 16 heavy (non-hydrogen) atoms. The van der Waals surface area contributed by atoms with Gasteiger partial charge in [-0.15, -0.1) is 11.8 Å². The monoisotopic (exact) mass is 218 g/mol. The van der Waals surface area contributed by atoms with Gasteiger partial charge < -0.3 is 0 Å². The predicted octanol–water partition coefficient (Wildman–Crippen LogP) is 3.58. The first-order valence-electron chi connectivity index (χ1n) is 6.80. The van der Waals surface area contributed by atoms with E-state index in [2.05, 4.69) is 18.8 Å². The largest absolute Gasteiger partial charge is 0.300 e. The van der Waals surface area contributed by atoms with Crippen LogP contribution >= 0.6 is 0 Å². The molecule has 1 saturated carbocycles. The molecule has 0 saturated heterocycles. The molecule has 2 unspecified atom stereocenters. The molecule has 0 spiro atoms. The van der Waals surface area contributed by atoms with Gasteiger partial charge in [0.2, 0.25) is 0 Å². The molecular weight excluding hydrogens is 196 g/mol. The molecule has 1 fully saturated rings. The number of Topliss-reactive ketones (excluding diaryl/α,β-unsaturated/α-hetero) is 1. The third-order valence-electron chi connectivity index (χ3n) is 4.12. The number of rotatable bonds is 5. The topological polar surface area (TPSA) is 17.1 Å². The Morgan fingerprint density at radius 2 is 1.75 bits per heavy atom. The van der Waals surface area contributed by atoms with E-state index in [1.807, 2.05) is 0 Å². The molecule has 0 amide bonds. The lowest BCUT2D eigenvalue weighted by atomic mass is 10.1. The van der Waals surface area contributed by atoms with Gasteiger partial charge in [0.1, 0.15) is 5.78 Å². The first kappa shape index (κ1) is 11.7. The normalized spacial score (nSPS) is 31.7. The van der Waals surface area contributed by atoms with E-state index in [1.54, 1.807) is 0 Å². The van der Waals surface area contributed by atoms with Gasteiger partial charge in [0, 0.05) is 25.7 Å². The quantitative estimate of drug-likeness (QED) is 0.645. The van der Waals surface area contributed by atoms with Gasteiger partial charge in [-0.05, 0) is 43.4 Å². The maximum absolute atomic E-state index is 11.5. The first-order valence-corrected chi connectivity index (χ1v) is 6.80. The summed E-state index contributed by atoms with van der Waals surface area (Å²) < 4.78 is 0. The van der Waals surface area contributed by atoms with E-state index < -0.39 is 0 Å². The number of hydrogen-bond acceptors (Lipinski definition) is 1. The molecular formula is C15H22O. The van der Waals surface area contributed by atoms with Gasteiger partial charge in [-0.1, -0.05) is 6.92 Å². The number of ketones is 1. The Labute approximate surface area is 99.0 Å². The highest BCUT2D eigenvalue weighted by molar-refractivity contribution is 5.78. The lowest BCUT2D eigenvalue weighted by molar-refractivity contribution is -0.119. The van der Waals surface area contributed by atoms with Crippen molar-refractivity contribution in [3.8, 4) is 11.8 Å². The Morgan fingerprint density at radius 1 is 1.12 bits per heavy atom. The molecule has 2 aliphatic carbocycles.